The Labute approximate surface area is 133 Å². The highest BCUT2D eigenvalue weighted by molar-refractivity contribution is 5.97. The number of hydrogen-bond acceptors (Lipinski definition) is 2. The molecule has 0 atom stereocenters. The van der Waals surface area contributed by atoms with Crippen molar-refractivity contribution in [3.63, 3.8) is 0 Å². The third-order valence-corrected chi connectivity index (χ3v) is 3.16. The number of rotatable bonds is 5. The fourth-order valence-electron chi connectivity index (χ4n) is 2.04. The molecular formula is C15H13F4N3O2. The van der Waals surface area contributed by atoms with Crippen molar-refractivity contribution >= 4 is 11.8 Å². The molecule has 1 heterocycles. The van der Waals surface area contributed by atoms with Crippen LogP contribution in [0.15, 0.2) is 30.3 Å². The third-order valence-electron chi connectivity index (χ3n) is 3.16. The van der Waals surface area contributed by atoms with E-state index in [0.29, 0.717) is 0 Å². The van der Waals surface area contributed by atoms with Gasteiger partial charge in [0.25, 0.3) is 5.91 Å². The molecule has 0 radical (unpaired) electrons. The Morgan fingerprint density at radius 3 is 2.33 bits per heavy atom. The van der Waals surface area contributed by atoms with E-state index in [4.69, 9.17) is 5.73 Å². The zero-order valence-corrected chi connectivity index (χ0v) is 12.2. The number of carbonyl (C=O) groups is 2. The molecule has 2 aromatic rings. The lowest BCUT2D eigenvalue weighted by atomic mass is 10.1. The minimum absolute atomic E-state index is 0.0161. The van der Waals surface area contributed by atoms with Crippen molar-refractivity contribution in [1.82, 2.24) is 10.3 Å². The van der Waals surface area contributed by atoms with Crippen LogP contribution in [0, 0.1) is 5.82 Å². The molecule has 24 heavy (non-hydrogen) atoms. The number of amides is 2. The van der Waals surface area contributed by atoms with Gasteiger partial charge in [-0.3, -0.25) is 9.59 Å². The molecule has 1 aromatic heterocycles. The predicted octanol–water partition coefficient (Wildman–Crippen LogP) is 2.44. The molecular weight excluding hydrogens is 330 g/mol. The predicted molar refractivity (Wildman–Crippen MR) is 77.3 cm³/mol. The van der Waals surface area contributed by atoms with Crippen molar-refractivity contribution in [2.24, 2.45) is 5.73 Å². The summed E-state index contributed by atoms with van der Waals surface area (Å²) in [7, 11) is 0. The Balaban J connectivity index is 2.33. The average molecular weight is 343 g/mol. The number of H-pyrrole nitrogens is 1. The first-order valence-electron chi connectivity index (χ1n) is 6.81. The molecule has 1 aromatic carbocycles. The summed E-state index contributed by atoms with van der Waals surface area (Å²) < 4.78 is 52.2. The van der Waals surface area contributed by atoms with E-state index in [1.54, 1.807) is 0 Å². The third kappa shape index (κ3) is 4.12. The number of carbonyl (C=O) groups excluding carboxylic acids is 2. The summed E-state index contributed by atoms with van der Waals surface area (Å²) in [5.74, 6) is -2.22. The Hall–Kier alpha value is -2.84. The molecule has 0 fully saturated rings. The van der Waals surface area contributed by atoms with E-state index >= 15 is 0 Å². The molecule has 0 bridgehead atoms. The second-order valence-corrected chi connectivity index (χ2v) is 4.95. The van der Waals surface area contributed by atoms with Crippen LogP contribution in [0.1, 0.15) is 22.5 Å². The van der Waals surface area contributed by atoms with Crippen molar-refractivity contribution < 1.29 is 27.2 Å². The minimum Gasteiger partial charge on any atom is -0.370 e. The quantitative estimate of drug-likeness (QED) is 0.728. The smallest absolute Gasteiger partial charge is 0.370 e. The lowest BCUT2D eigenvalue weighted by Crippen LogP contribution is -2.29. The molecule has 128 valence electrons. The molecule has 0 unspecified atom stereocenters. The number of halogens is 4. The monoisotopic (exact) mass is 343 g/mol. The largest absolute Gasteiger partial charge is 0.432 e. The van der Waals surface area contributed by atoms with Crippen LogP contribution < -0.4 is 11.1 Å². The van der Waals surface area contributed by atoms with E-state index in [-0.39, 0.29) is 24.2 Å². The topological polar surface area (TPSA) is 88.0 Å². The molecule has 0 aliphatic carbocycles. The van der Waals surface area contributed by atoms with Crippen molar-refractivity contribution in [3.8, 4) is 11.3 Å². The van der Waals surface area contributed by atoms with Gasteiger partial charge in [0, 0.05) is 18.7 Å². The van der Waals surface area contributed by atoms with Gasteiger partial charge in [0.05, 0.1) is 5.56 Å². The van der Waals surface area contributed by atoms with E-state index in [0.717, 1.165) is 18.2 Å². The zero-order chi connectivity index (χ0) is 17.9. The van der Waals surface area contributed by atoms with Crippen LogP contribution in [-0.2, 0) is 11.0 Å². The van der Waals surface area contributed by atoms with Crippen LogP contribution in [0.2, 0.25) is 0 Å². The maximum absolute atomic E-state index is 13.1. The van der Waals surface area contributed by atoms with Gasteiger partial charge in [0.15, 0.2) is 0 Å². The number of benzene rings is 1. The molecule has 9 heteroatoms. The molecule has 0 saturated carbocycles. The first-order chi connectivity index (χ1) is 11.2. The highest BCUT2D eigenvalue weighted by Gasteiger charge is 2.37. The molecule has 2 rings (SSSR count). The van der Waals surface area contributed by atoms with Crippen molar-refractivity contribution in [2.45, 2.75) is 12.6 Å². The second-order valence-electron chi connectivity index (χ2n) is 4.95. The molecule has 0 aliphatic heterocycles. The SMILES string of the molecule is NC(=O)CCNC(=O)c1cc(-c2ccc(F)cc2)[nH]c1C(F)(F)F. The molecule has 4 N–H and O–H groups in total. The van der Waals surface area contributed by atoms with E-state index in [1.165, 1.54) is 12.1 Å². The molecule has 0 spiro atoms. The van der Waals surface area contributed by atoms with Gasteiger partial charge in [-0.1, -0.05) is 0 Å². The second kappa shape index (κ2) is 6.73. The summed E-state index contributed by atoms with van der Waals surface area (Å²) >= 11 is 0. The Kier molecular flexibility index (Phi) is 4.91. The lowest BCUT2D eigenvalue weighted by molar-refractivity contribution is -0.141. The van der Waals surface area contributed by atoms with Gasteiger partial charge >= 0.3 is 6.18 Å². The number of alkyl halides is 3. The van der Waals surface area contributed by atoms with Gasteiger partial charge in [0.2, 0.25) is 5.91 Å². The van der Waals surface area contributed by atoms with E-state index in [1.807, 2.05) is 0 Å². The van der Waals surface area contributed by atoms with Crippen LogP contribution in [0.5, 0.6) is 0 Å². The van der Waals surface area contributed by atoms with Gasteiger partial charge < -0.3 is 16.0 Å². The van der Waals surface area contributed by atoms with Crippen molar-refractivity contribution in [2.75, 3.05) is 6.54 Å². The summed E-state index contributed by atoms with van der Waals surface area (Å²) in [5.41, 5.74) is 3.36. The van der Waals surface area contributed by atoms with Crippen molar-refractivity contribution in [3.05, 3.63) is 47.4 Å². The lowest BCUT2D eigenvalue weighted by Gasteiger charge is -2.08. The first-order valence-corrected chi connectivity index (χ1v) is 6.81. The summed E-state index contributed by atoms with van der Waals surface area (Å²) in [6, 6.07) is 5.79. The highest BCUT2D eigenvalue weighted by atomic mass is 19.4. The fourth-order valence-corrected chi connectivity index (χ4v) is 2.04. The Morgan fingerprint density at radius 1 is 1.17 bits per heavy atom. The summed E-state index contributed by atoms with van der Waals surface area (Å²) in [5, 5.41) is 2.20. The summed E-state index contributed by atoms with van der Waals surface area (Å²) in [6.07, 6.45) is -4.98. The normalized spacial score (nSPS) is 11.3. The van der Waals surface area contributed by atoms with Crippen LogP contribution >= 0.6 is 0 Å². The van der Waals surface area contributed by atoms with Gasteiger partial charge in [-0.05, 0) is 35.9 Å². The highest BCUT2D eigenvalue weighted by Crippen LogP contribution is 2.34. The summed E-state index contributed by atoms with van der Waals surface area (Å²) in [6.45, 7) is -0.178. The molecule has 5 nitrogen and oxygen atoms in total. The fraction of sp³-hybridized carbons (Fsp3) is 0.200. The minimum atomic E-state index is -4.78. The number of primary amides is 1. The standard InChI is InChI=1S/C15H13F4N3O2/c16-9-3-1-8(2-4-9)11-7-10(13(22-11)15(17,18)19)14(24)21-6-5-12(20)23/h1-4,7,22H,5-6H2,(H2,20,23)(H,21,24). The van der Waals surface area contributed by atoms with Crippen LogP contribution in [0.25, 0.3) is 11.3 Å². The van der Waals surface area contributed by atoms with Crippen molar-refractivity contribution in [1.29, 1.82) is 0 Å². The molecule has 0 aliphatic rings. The van der Waals surface area contributed by atoms with Crippen LogP contribution in [-0.4, -0.2) is 23.3 Å². The van der Waals surface area contributed by atoms with Gasteiger partial charge in [-0.25, -0.2) is 4.39 Å². The van der Waals surface area contributed by atoms with Crippen LogP contribution in [0.3, 0.4) is 0 Å². The number of nitrogens with one attached hydrogen (secondary N) is 2. The van der Waals surface area contributed by atoms with Crippen LogP contribution in [0.4, 0.5) is 17.6 Å². The number of aromatic amines is 1. The average Bonchev–Trinajstić information content (AvgIpc) is 2.93. The zero-order valence-electron chi connectivity index (χ0n) is 12.2. The molecule has 0 saturated heterocycles. The first kappa shape index (κ1) is 17.5. The van der Waals surface area contributed by atoms with Gasteiger partial charge in [0.1, 0.15) is 11.5 Å². The van der Waals surface area contributed by atoms with Gasteiger partial charge in [-0.2, -0.15) is 13.2 Å². The Morgan fingerprint density at radius 2 is 1.79 bits per heavy atom. The van der Waals surface area contributed by atoms with E-state index in [9.17, 15) is 27.2 Å². The number of nitrogens with two attached hydrogens (primary N) is 1. The maximum Gasteiger partial charge on any atom is 0.432 e. The maximum atomic E-state index is 13.1. The Bertz CT molecular complexity index is 751. The number of hydrogen-bond donors (Lipinski definition) is 3. The summed E-state index contributed by atoms with van der Waals surface area (Å²) in [4.78, 5) is 24.7. The van der Waals surface area contributed by atoms with Gasteiger partial charge in [-0.15, -0.1) is 0 Å². The van der Waals surface area contributed by atoms with E-state index < -0.39 is 35.1 Å². The van der Waals surface area contributed by atoms with E-state index in [2.05, 4.69) is 10.3 Å². The number of aromatic nitrogens is 1. The molecule has 2 amide bonds.